The van der Waals surface area contributed by atoms with Crippen LogP contribution in [0, 0.1) is 0 Å². The van der Waals surface area contributed by atoms with Crippen LogP contribution >= 0.6 is 23.2 Å². The Balaban J connectivity index is 2.05. The van der Waals surface area contributed by atoms with Crippen LogP contribution in [-0.4, -0.2) is 5.91 Å². The standard InChI is InChI=1S/C14H12Cl2N2O/c15-11-4-2-1-3-9(11)7-14(19)18-10-5-6-12(16)13(17)8-10/h1-6,8H,7,17H2,(H,18,19). The van der Waals surface area contributed by atoms with Gasteiger partial charge in [0.15, 0.2) is 0 Å². The number of rotatable bonds is 3. The number of nitrogens with two attached hydrogens (primary N) is 1. The van der Waals surface area contributed by atoms with Gasteiger partial charge in [-0.05, 0) is 29.8 Å². The van der Waals surface area contributed by atoms with E-state index in [1.165, 1.54) is 0 Å². The lowest BCUT2D eigenvalue weighted by molar-refractivity contribution is -0.115. The maximum atomic E-state index is 11.9. The van der Waals surface area contributed by atoms with Crippen LogP contribution < -0.4 is 11.1 Å². The molecule has 0 saturated heterocycles. The van der Waals surface area contributed by atoms with Crippen molar-refractivity contribution in [3.05, 3.63) is 58.1 Å². The van der Waals surface area contributed by atoms with E-state index in [1.807, 2.05) is 18.2 Å². The van der Waals surface area contributed by atoms with E-state index in [1.54, 1.807) is 24.3 Å². The van der Waals surface area contributed by atoms with Crippen molar-refractivity contribution in [3.8, 4) is 0 Å². The average molecular weight is 295 g/mol. The Kier molecular flexibility index (Phi) is 4.30. The lowest BCUT2D eigenvalue weighted by atomic mass is 10.1. The molecule has 2 rings (SSSR count). The van der Waals surface area contributed by atoms with Gasteiger partial charge in [-0.15, -0.1) is 0 Å². The summed E-state index contributed by atoms with van der Waals surface area (Å²) in [7, 11) is 0. The van der Waals surface area contributed by atoms with Crippen molar-refractivity contribution in [3.63, 3.8) is 0 Å². The number of halogens is 2. The van der Waals surface area contributed by atoms with Crippen LogP contribution in [0.15, 0.2) is 42.5 Å². The zero-order chi connectivity index (χ0) is 13.8. The normalized spacial score (nSPS) is 10.2. The molecular weight excluding hydrogens is 283 g/mol. The number of benzene rings is 2. The molecule has 3 N–H and O–H groups in total. The molecule has 0 aromatic heterocycles. The van der Waals surface area contributed by atoms with Crippen LogP contribution in [0.1, 0.15) is 5.56 Å². The van der Waals surface area contributed by atoms with Crippen LogP contribution in [0.2, 0.25) is 10.0 Å². The van der Waals surface area contributed by atoms with Crippen molar-refractivity contribution >= 4 is 40.5 Å². The second kappa shape index (κ2) is 5.95. The highest BCUT2D eigenvalue weighted by atomic mass is 35.5. The zero-order valence-electron chi connectivity index (χ0n) is 9.99. The molecular formula is C14H12Cl2N2O. The molecule has 2 aromatic rings. The van der Waals surface area contributed by atoms with Gasteiger partial charge in [-0.1, -0.05) is 41.4 Å². The number of carbonyl (C=O) groups excluding carboxylic acids is 1. The molecule has 2 aromatic carbocycles. The summed E-state index contributed by atoms with van der Waals surface area (Å²) in [4.78, 5) is 11.9. The molecule has 0 aliphatic heterocycles. The number of nitrogen functional groups attached to an aromatic ring is 1. The fourth-order valence-electron chi connectivity index (χ4n) is 1.64. The van der Waals surface area contributed by atoms with Crippen molar-refractivity contribution in [2.75, 3.05) is 11.1 Å². The largest absolute Gasteiger partial charge is 0.397 e. The number of hydrogen-bond donors (Lipinski definition) is 2. The summed E-state index contributed by atoms with van der Waals surface area (Å²) < 4.78 is 0. The second-order valence-corrected chi connectivity index (χ2v) is 4.87. The van der Waals surface area contributed by atoms with Gasteiger partial charge >= 0.3 is 0 Å². The third-order valence-corrected chi connectivity index (χ3v) is 3.30. The smallest absolute Gasteiger partial charge is 0.228 e. The van der Waals surface area contributed by atoms with E-state index >= 15 is 0 Å². The van der Waals surface area contributed by atoms with Crippen molar-refractivity contribution in [1.29, 1.82) is 0 Å². The Bertz CT molecular complexity index is 614. The Morgan fingerprint density at radius 1 is 1.11 bits per heavy atom. The quantitative estimate of drug-likeness (QED) is 0.847. The van der Waals surface area contributed by atoms with Crippen molar-refractivity contribution in [2.45, 2.75) is 6.42 Å². The van der Waals surface area contributed by atoms with E-state index in [0.29, 0.717) is 21.4 Å². The highest BCUT2D eigenvalue weighted by Gasteiger charge is 2.07. The fourth-order valence-corrected chi connectivity index (χ4v) is 1.96. The summed E-state index contributed by atoms with van der Waals surface area (Å²) in [6, 6.07) is 12.2. The minimum absolute atomic E-state index is 0.158. The summed E-state index contributed by atoms with van der Waals surface area (Å²) in [6.45, 7) is 0. The van der Waals surface area contributed by atoms with Crippen LogP contribution in [0.25, 0.3) is 0 Å². The topological polar surface area (TPSA) is 55.1 Å². The van der Waals surface area contributed by atoms with Gasteiger partial charge in [0.1, 0.15) is 0 Å². The highest BCUT2D eigenvalue weighted by Crippen LogP contribution is 2.22. The predicted octanol–water partition coefficient (Wildman–Crippen LogP) is 3.76. The van der Waals surface area contributed by atoms with E-state index in [2.05, 4.69) is 5.32 Å². The molecule has 0 bridgehead atoms. The van der Waals surface area contributed by atoms with Crippen LogP contribution in [-0.2, 0) is 11.2 Å². The van der Waals surface area contributed by atoms with E-state index in [0.717, 1.165) is 5.56 Å². The molecule has 0 radical (unpaired) electrons. The molecule has 19 heavy (non-hydrogen) atoms. The van der Waals surface area contributed by atoms with E-state index in [4.69, 9.17) is 28.9 Å². The Morgan fingerprint density at radius 2 is 1.84 bits per heavy atom. The van der Waals surface area contributed by atoms with Gasteiger partial charge < -0.3 is 11.1 Å². The first kappa shape index (κ1) is 13.7. The molecule has 0 aliphatic rings. The first-order valence-electron chi connectivity index (χ1n) is 5.64. The molecule has 0 saturated carbocycles. The summed E-state index contributed by atoms with van der Waals surface area (Å²) in [5, 5.41) is 3.79. The molecule has 0 aliphatic carbocycles. The number of anilines is 2. The van der Waals surface area contributed by atoms with Gasteiger partial charge in [0.05, 0.1) is 17.1 Å². The van der Waals surface area contributed by atoms with Crippen LogP contribution in [0.3, 0.4) is 0 Å². The second-order valence-electron chi connectivity index (χ2n) is 4.05. The minimum atomic E-state index is -0.158. The summed E-state index contributed by atoms with van der Waals surface area (Å²) in [6.07, 6.45) is 0.211. The molecule has 0 heterocycles. The maximum absolute atomic E-state index is 11.9. The molecule has 3 nitrogen and oxygen atoms in total. The lowest BCUT2D eigenvalue weighted by Crippen LogP contribution is -2.14. The van der Waals surface area contributed by atoms with Crippen molar-refractivity contribution < 1.29 is 4.79 Å². The van der Waals surface area contributed by atoms with Gasteiger partial charge in [0, 0.05) is 10.7 Å². The molecule has 1 amide bonds. The highest BCUT2D eigenvalue weighted by molar-refractivity contribution is 6.33. The molecule has 0 unspecified atom stereocenters. The van der Waals surface area contributed by atoms with Crippen molar-refractivity contribution in [2.24, 2.45) is 0 Å². The minimum Gasteiger partial charge on any atom is -0.397 e. The van der Waals surface area contributed by atoms with Crippen molar-refractivity contribution in [1.82, 2.24) is 0 Å². The fraction of sp³-hybridized carbons (Fsp3) is 0.0714. The summed E-state index contributed by atoms with van der Waals surface area (Å²) in [5.41, 5.74) is 7.49. The predicted molar refractivity (Wildman–Crippen MR) is 79.7 cm³/mol. The van der Waals surface area contributed by atoms with Crippen LogP contribution in [0.4, 0.5) is 11.4 Å². The van der Waals surface area contributed by atoms with E-state index in [9.17, 15) is 4.79 Å². The SMILES string of the molecule is Nc1cc(NC(=O)Cc2ccccc2Cl)ccc1Cl. The van der Waals surface area contributed by atoms with E-state index < -0.39 is 0 Å². The number of nitrogens with one attached hydrogen (secondary N) is 1. The Morgan fingerprint density at radius 3 is 2.53 bits per heavy atom. The van der Waals surface area contributed by atoms with E-state index in [-0.39, 0.29) is 12.3 Å². The van der Waals surface area contributed by atoms with Gasteiger partial charge in [0.25, 0.3) is 0 Å². The molecule has 5 heteroatoms. The average Bonchev–Trinajstić information content (AvgIpc) is 2.37. The monoisotopic (exact) mass is 294 g/mol. The number of amides is 1. The number of carbonyl (C=O) groups is 1. The summed E-state index contributed by atoms with van der Waals surface area (Å²) >= 11 is 11.8. The molecule has 98 valence electrons. The lowest BCUT2D eigenvalue weighted by Gasteiger charge is -2.07. The Hall–Kier alpha value is -1.71. The first-order chi connectivity index (χ1) is 9.06. The third-order valence-electron chi connectivity index (χ3n) is 2.59. The van der Waals surface area contributed by atoms with Gasteiger partial charge in [-0.25, -0.2) is 0 Å². The van der Waals surface area contributed by atoms with Gasteiger partial charge in [0.2, 0.25) is 5.91 Å². The summed E-state index contributed by atoms with van der Waals surface area (Å²) in [5.74, 6) is -0.158. The van der Waals surface area contributed by atoms with Crippen LogP contribution in [0.5, 0.6) is 0 Å². The zero-order valence-corrected chi connectivity index (χ0v) is 11.5. The van der Waals surface area contributed by atoms with Gasteiger partial charge in [-0.3, -0.25) is 4.79 Å². The molecule has 0 atom stereocenters. The molecule has 0 spiro atoms. The molecule has 0 fully saturated rings. The Labute approximate surface area is 121 Å². The maximum Gasteiger partial charge on any atom is 0.228 e. The van der Waals surface area contributed by atoms with Gasteiger partial charge in [-0.2, -0.15) is 0 Å². The first-order valence-corrected chi connectivity index (χ1v) is 6.40. The number of hydrogen-bond acceptors (Lipinski definition) is 2. The third kappa shape index (κ3) is 3.63.